The number of carbonyl (C=O) groups is 1. The van der Waals surface area contributed by atoms with Gasteiger partial charge in [-0.1, -0.05) is 6.07 Å². The molecule has 0 bridgehead atoms. The van der Waals surface area contributed by atoms with E-state index < -0.39 is 5.97 Å². The third kappa shape index (κ3) is 2.20. The molecule has 2 aromatic heterocycles. The molecule has 0 amide bonds. The maximum atomic E-state index is 11.7. The van der Waals surface area contributed by atoms with Gasteiger partial charge in [0.15, 0.2) is 0 Å². The van der Waals surface area contributed by atoms with Crippen LogP contribution in [0.4, 0.5) is 0 Å². The van der Waals surface area contributed by atoms with Crippen LogP contribution in [0.3, 0.4) is 0 Å². The number of furan rings is 1. The fourth-order valence-electron chi connectivity index (χ4n) is 1.82. The summed E-state index contributed by atoms with van der Waals surface area (Å²) < 4.78 is 6.88. The molecule has 0 aliphatic carbocycles. The Morgan fingerprint density at radius 2 is 2.11 bits per heavy atom. The van der Waals surface area contributed by atoms with Gasteiger partial charge in [0.1, 0.15) is 17.1 Å². The number of nitrogens with zero attached hydrogens (tertiary/aromatic N) is 1. The number of pyridine rings is 1. The van der Waals surface area contributed by atoms with Crippen LogP contribution in [-0.4, -0.2) is 15.6 Å². The Hall–Kier alpha value is -2.30. The first kappa shape index (κ1) is 12.2. The highest BCUT2D eigenvalue weighted by Gasteiger charge is 2.14. The molecule has 1 N–H and O–H groups in total. The highest BCUT2D eigenvalue weighted by molar-refractivity contribution is 5.88. The molecule has 94 valence electrons. The van der Waals surface area contributed by atoms with E-state index >= 15 is 0 Å². The lowest BCUT2D eigenvalue weighted by molar-refractivity contribution is 0.0695. The molecular formula is C13H13NO4. The standard InChI is InChI=1S/C13H13NO4/c1-8-4-3-5-12(15)14(8)7-10-6-11(13(16)17)9(2)18-10/h3-6H,7H2,1-2H3,(H,16,17). The second kappa shape index (κ2) is 4.52. The van der Waals surface area contributed by atoms with E-state index in [2.05, 4.69) is 0 Å². The van der Waals surface area contributed by atoms with Gasteiger partial charge in [-0.2, -0.15) is 0 Å². The van der Waals surface area contributed by atoms with Crippen molar-refractivity contribution in [2.24, 2.45) is 0 Å². The fourth-order valence-corrected chi connectivity index (χ4v) is 1.82. The predicted octanol–water partition coefficient (Wildman–Crippen LogP) is 1.80. The van der Waals surface area contributed by atoms with Crippen LogP contribution in [0, 0.1) is 13.8 Å². The number of hydrogen-bond donors (Lipinski definition) is 1. The van der Waals surface area contributed by atoms with Crippen molar-refractivity contribution in [3.63, 3.8) is 0 Å². The number of aromatic carboxylic acids is 1. The molecule has 0 fully saturated rings. The van der Waals surface area contributed by atoms with Gasteiger partial charge in [-0.15, -0.1) is 0 Å². The molecule has 0 saturated carbocycles. The zero-order valence-corrected chi connectivity index (χ0v) is 10.1. The van der Waals surface area contributed by atoms with Crippen LogP contribution in [-0.2, 0) is 6.54 Å². The third-order valence-corrected chi connectivity index (χ3v) is 2.78. The smallest absolute Gasteiger partial charge is 0.339 e. The van der Waals surface area contributed by atoms with Crippen LogP contribution < -0.4 is 5.56 Å². The van der Waals surface area contributed by atoms with E-state index in [4.69, 9.17) is 9.52 Å². The molecule has 5 heteroatoms. The van der Waals surface area contributed by atoms with E-state index in [0.29, 0.717) is 11.5 Å². The molecule has 0 saturated heterocycles. The summed E-state index contributed by atoms with van der Waals surface area (Å²) in [4.78, 5) is 22.6. The number of rotatable bonds is 3. The summed E-state index contributed by atoms with van der Waals surface area (Å²) in [6.45, 7) is 3.64. The van der Waals surface area contributed by atoms with E-state index in [-0.39, 0.29) is 17.7 Å². The van der Waals surface area contributed by atoms with Crippen LogP contribution in [0.15, 0.2) is 33.5 Å². The number of hydrogen-bond acceptors (Lipinski definition) is 3. The topological polar surface area (TPSA) is 72.4 Å². The van der Waals surface area contributed by atoms with E-state index in [1.54, 1.807) is 13.0 Å². The van der Waals surface area contributed by atoms with Crippen molar-refractivity contribution in [3.05, 3.63) is 57.4 Å². The van der Waals surface area contributed by atoms with E-state index in [1.165, 1.54) is 16.7 Å². The van der Waals surface area contributed by atoms with Crippen LogP contribution in [0.2, 0.25) is 0 Å². The van der Waals surface area contributed by atoms with Crippen LogP contribution in [0.1, 0.15) is 27.6 Å². The fraction of sp³-hybridized carbons (Fsp3) is 0.231. The molecule has 2 aromatic rings. The van der Waals surface area contributed by atoms with Crippen LogP contribution in [0.25, 0.3) is 0 Å². The molecular weight excluding hydrogens is 234 g/mol. The largest absolute Gasteiger partial charge is 0.478 e. The maximum Gasteiger partial charge on any atom is 0.339 e. The Labute approximate surface area is 103 Å². The lowest BCUT2D eigenvalue weighted by atomic mass is 10.2. The van der Waals surface area contributed by atoms with Gasteiger partial charge in [0, 0.05) is 11.8 Å². The zero-order valence-electron chi connectivity index (χ0n) is 10.1. The average molecular weight is 247 g/mol. The summed E-state index contributed by atoms with van der Waals surface area (Å²) in [7, 11) is 0. The summed E-state index contributed by atoms with van der Waals surface area (Å²) in [5, 5.41) is 8.93. The van der Waals surface area contributed by atoms with Crippen molar-refractivity contribution in [1.29, 1.82) is 0 Å². The lowest BCUT2D eigenvalue weighted by Gasteiger charge is -2.06. The van der Waals surface area contributed by atoms with Gasteiger partial charge in [-0.3, -0.25) is 4.79 Å². The Bertz CT molecular complexity index is 651. The van der Waals surface area contributed by atoms with Gasteiger partial charge >= 0.3 is 5.97 Å². The molecule has 18 heavy (non-hydrogen) atoms. The quantitative estimate of drug-likeness (QED) is 0.897. The van der Waals surface area contributed by atoms with E-state index in [9.17, 15) is 9.59 Å². The first-order valence-electron chi connectivity index (χ1n) is 5.48. The molecule has 0 aliphatic rings. The second-order valence-corrected chi connectivity index (χ2v) is 4.08. The molecule has 0 aliphatic heterocycles. The highest BCUT2D eigenvalue weighted by atomic mass is 16.4. The monoisotopic (exact) mass is 247 g/mol. The normalized spacial score (nSPS) is 10.6. The number of aromatic nitrogens is 1. The molecule has 5 nitrogen and oxygen atoms in total. The highest BCUT2D eigenvalue weighted by Crippen LogP contribution is 2.15. The van der Waals surface area contributed by atoms with Crippen LogP contribution in [0.5, 0.6) is 0 Å². The minimum atomic E-state index is -1.03. The van der Waals surface area contributed by atoms with Gasteiger partial charge in [0.25, 0.3) is 5.56 Å². The van der Waals surface area contributed by atoms with Gasteiger partial charge in [0.05, 0.1) is 6.54 Å². The molecule has 0 atom stereocenters. The first-order chi connectivity index (χ1) is 8.49. The molecule has 0 radical (unpaired) electrons. The number of carboxylic acid groups (broad SMARTS) is 1. The van der Waals surface area contributed by atoms with Crippen LogP contribution >= 0.6 is 0 Å². The average Bonchev–Trinajstić information content (AvgIpc) is 2.65. The van der Waals surface area contributed by atoms with E-state index in [1.807, 2.05) is 13.0 Å². The predicted molar refractivity (Wildman–Crippen MR) is 64.9 cm³/mol. The minimum Gasteiger partial charge on any atom is -0.478 e. The van der Waals surface area contributed by atoms with Gasteiger partial charge in [0.2, 0.25) is 0 Å². The maximum absolute atomic E-state index is 11.7. The molecule has 0 aromatic carbocycles. The molecule has 2 rings (SSSR count). The molecule has 2 heterocycles. The van der Waals surface area contributed by atoms with Crippen molar-refractivity contribution in [2.45, 2.75) is 20.4 Å². The summed E-state index contributed by atoms with van der Waals surface area (Å²) in [6.07, 6.45) is 0. The van der Waals surface area contributed by atoms with Crippen molar-refractivity contribution in [1.82, 2.24) is 4.57 Å². The van der Waals surface area contributed by atoms with Crippen molar-refractivity contribution < 1.29 is 14.3 Å². The Kier molecular flexibility index (Phi) is 3.06. The number of aryl methyl sites for hydroxylation is 2. The lowest BCUT2D eigenvalue weighted by Crippen LogP contribution is -2.21. The van der Waals surface area contributed by atoms with E-state index in [0.717, 1.165) is 5.69 Å². The molecule has 0 spiro atoms. The second-order valence-electron chi connectivity index (χ2n) is 4.08. The zero-order chi connectivity index (χ0) is 13.3. The van der Waals surface area contributed by atoms with Crippen molar-refractivity contribution in [3.8, 4) is 0 Å². The first-order valence-corrected chi connectivity index (χ1v) is 5.48. The SMILES string of the molecule is Cc1oc(Cn2c(C)cccc2=O)cc1C(=O)O. The third-order valence-electron chi connectivity index (χ3n) is 2.78. The summed E-state index contributed by atoms with van der Waals surface area (Å²) in [5.41, 5.74) is 0.793. The summed E-state index contributed by atoms with van der Waals surface area (Å²) in [5.74, 6) is -0.222. The van der Waals surface area contributed by atoms with Crippen molar-refractivity contribution in [2.75, 3.05) is 0 Å². The minimum absolute atomic E-state index is 0.131. The Balaban J connectivity index is 2.38. The Morgan fingerprint density at radius 3 is 2.67 bits per heavy atom. The number of carboxylic acids is 1. The molecule has 0 unspecified atom stereocenters. The van der Waals surface area contributed by atoms with Crippen molar-refractivity contribution >= 4 is 5.97 Å². The van der Waals surface area contributed by atoms with Gasteiger partial charge < -0.3 is 14.1 Å². The van der Waals surface area contributed by atoms with Gasteiger partial charge in [-0.05, 0) is 26.0 Å². The van der Waals surface area contributed by atoms with Gasteiger partial charge in [-0.25, -0.2) is 4.79 Å². The summed E-state index contributed by atoms with van der Waals surface area (Å²) in [6, 6.07) is 6.41. The Morgan fingerprint density at radius 1 is 1.39 bits per heavy atom. The summed E-state index contributed by atoms with van der Waals surface area (Å²) >= 11 is 0.